The summed E-state index contributed by atoms with van der Waals surface area (Å²) in [5, 5.41) is 4.13. The van der Waals surface area contributed by atoms with Gasteiger partial charge in [0.05, 0.1) is 22.5 Å². The van der Waals surface area contributed by atoms with E-state index in [1.54, 1.807) is 16.9 Å². The maximum atomic E-state index is 11.4. The zero-order valence-corrected chi connectivity index (χ0v) is 10.4. The number of anilines is 1. The van der Waals surface area contributed by atoms with E-state index in [1.807, 2.05) is 13.1 Å². The second-order valence-corrected chi connectivity index (χ2v) is 5.97. The lowest BCUT2D eigenvalue weighted by Crippen LogP contribution is -2.03. The lowest BCUT2D eigenvalue weighted by molar-refractivity contribution is 0.602. The molecule has 2 rings (SSSR count). The first-order valence-corrected chi connectivity index (χ1v) is 6.88. The molecule has 1 aromatic heterocycles. The van der Waals surface area contributed by atoms with Crippen molar-refractivity contribution in [2.45, 2.75) is 11.8 Å². The van der Waals surface area contributed by atoms with Crippen molar-refractivity contribution in [2.24, 2.45) is 0 Å². The van der Waals surface area contributed by atoms with Gasteiger partial charge in [-0.05, 0) is 30.7 Å². The van der Waals surface area contributed by atoms with Crippen LogP contribution in [-0.4, -0.2) is 24.5 Å². The Bertz CT molecular complexity index is 659. The summed E-state index contributed by atoms with van der Waals surface area (Å²) in [5.74, 6) is 0. The molecule has 0 atom stereocenters. The van der Waals surface area contributed by atoms with E-state index in [0.717, 1.165) is 11.8 Å². The van der Waals surface area contributed by atoms with E-state index in [9.17, 15) is 8.42 Å². The topological polar surface area (TPSA) is 78.0 Å². The number of nitrogen functional groups attached to an aromatic ring is 1. The minimum Gasteiger partial charge on any atom is -0.397 e. The summed E-state index contributed by atoms with van der Waals surface area (Å²) < 4.78 is 24.3. The number of benzene rings is 1. The highest BCUT2D eigenvalue weighted by Gasteiger charge is 2.10. The summed E-state index contributed by atoms with van der Waals surface area (Å²) in [6, 6.07) is 4.62. The van der Waals surface area contributed by atoms with Gasteiger partial charge >= 0.3 is 0 Å². The molecule has 6 heteroatoms. The van der Waals surface area contributed by atoms with E-state index in [-0.39, 0.29) is 4.90 Å². The third-order valence-corrected chi connectivity index (χ3v) is 3.50. The summed E-state index contributed by atoms with van der Waals surface area (Å²) in [7, 11) is -3.23. The van der Waals surface area contributed by atoms with Gasteiger partial charge in [-0.2, -0.15) is 5.10 Å². The van der Waals surface area contributed by atoms with Crippen molar-refractivity contribution >= 4 is 15.5 Å². The van der Waals surface area contributed by atoms with Gasteiger partial charge in [0.25, 0.3) is 0 Å². The third-order valence-electron chi connectivity index (χ3n) is 2.39. The van der Waals surface area contributed by atoms with Gasteiger partial charge < -0.3 is 5.73 Å². The monoisotopic (exact) mass is 251 g/mol. The zero-order valence-electron chi connectivity index (χ0n) is 9.58. The van der Waals surface area contributed by atoms with Gasteiger partial charge in [0.1, 0.15) is 0 Å². The molecule has 0 aliphatic rings. The first-order chi connectivity index (χ1) is 7.88. The van der Waals surface area contributed by atoms with Gasteiger partial charge in [-0.15, -0.1) is 0 Å². The molecule has 0 saturated heterocycles. The quantitative estimate of drug-likeness (QED) is 0.813. The number of hydrogen-bond donors (Lipinski definition) is 1. The molecule has 2 aromatic rings. The summed E-state index contributed by atoms with van der Waals surface area (Å²) in [6.07, 6.45) is 4.69. The number of sulfone groups is 1. The van der Waals surface area contributed by atoms with E-state index in [0.29, 0.717) is 11.4 Å². The van der Waals surface area contributed by atoms with Crippen LogP contribution in [0.15, 0.2) is 35.5 Å². The maximum Gasteiger partial charge on any atom is 0.175 e. The normalized spacial score (nSPS) is 11.6. The van der Waals surface area contributed by atoms with Gasteiger partial charge in [-0.25, -0.2) is 13.1 Å². The minimum absolute atomic E-state index is 0.211. The Morgan fingerprint density at radius 1 is 1.35 bits per heavy atom. The number of rotatable bonds is 2. The average Bonchev–Trinajstić information content (AvgIpc) is 2.63. The predicted octanol–water partition coefficient (Wildman–Crippen LogP) is 1.17. The number of nitrogens with two attached hydrogens (primary N) is 1. The minimum atomic E-state index is -3.23. The van der Waals surface area contributed by atoms with Crippen LogP contribution in [0.3, 0.4) is 0 Å². The molecule has 2 N–H and O–H groups in total. The molecule has 17 heavy (non-hydrogen) atoms. The largest absolute Gasteiger partial charge is 0.397 e. The second kappa shape index (κ2) is 3.89. The van der Waals surface area contributed by atoms with E-state index < -0.39 is 9.84 Å². The predicted molar refractivity (Wildman–Crippen MR) is 65.8 cm³/mol. The zero-order chi connectivity index (χ0) is 12.6. The summed E-state index contributed by atoms with van der Waals surface area (Å²) in [4.78, 5) is 0.211. The Morgan fingerprint density at radius 3 is 2.53 bits per heavy atom. The average molecular weight is 251 g/mol. The molecule has 0 amide bonds. The van der Waals surface area contributed by atoms with Crippen LogP contribution >= 0.6 is 0 Å². The van der Waals surface area contributed by atoms with Crippen LogP contribution in [-0.2, 0) is 9.84 Å². The highest BCUT2D eigenvalue weighted by molar-refractivity contribution is 7.90. The fraction of sp³-hybridized carbons (Fsp3) is 0.182. The van der Waals surface area contributed by atoms with Crippen LogP contribution in [0.5, 0.6) is 0 Å². The van der Waals surface area contributed by atoms with Crippen LogP contribution < -0.4 is 5.73 Å². The number of nitrogens with zero attached hydrogens (tertiary/aromatic N) is 2. The van der Waals surface area contributed by atoms with Crippen LogP contribution in [0, 0.1) is 6.92 Å². The van der Waals surface area contributed by atoms with Gasteiger partial charge in [-0.1, -0.05) is 0 Å². The van der Waals surface area contributed by atoms with Gasteiger partial charge in [0.2, 0.25) is 0 Å². The number of aryl methyl sites for hydroxylation is 1. The lowest BCUT2D eigenvalue weighted by Gasteiger charge is -2.07. The third kappa shape index (κ3) is 2.31. The van der Waals surface area contributed by atoms with Crippen LogP contribution in [0.4, 0.5) is 5.69 Å². The Kier molecular flexibility index (Phi) is 2.66. The van der Waals surface area contributed by atoms with Crippen molar-refractivity contribution in [1.82, 2.24) is 9.78 Å². The van der Waals surface area contributed by atoms with Crippen molar-refractivity contribution in [3.8, 4) is 5.69 Å². The molecule has 90 valence electrons. The molecule has 0 aliphatic heterocycles. The second-order valence-electron chi connectivity index (χ2n) is 3.96. The van der Waals surface area contributed by atoms with Crippen molar-refractivity contribution in [2.75, 3.05) is 12.0 Å². The Morgan fingerprint density at radius 2 is 2.06 bits per heavy atom. The molecule has 5 nitrogen and oxygen atoms in total. The van der Waals surface area contributed by atoms with Crippen molar-refractivity contribution in [3.05, 3.63) is 36.2 Å². The molecule has 1 heterocycles. The molecular formula is C11H13N3O2S. The van der Waals surface area contributed by atoms with E-state index >= 15 is 0 Å². The molecular weight excluding hydrogens is 238 g/mol. The smallest absolute Gasteiger partial charge is 0.175 e. The maximum absolute atomic E-state index is 11.4. The Hall–Kier alpha value is -1.82. The molecule has 0 fully saturated rings. The highest BCUT2D eigenvalue weighted by Crippen LogP contribution is 2.21. The summed E-state index contributed by atoms with van der Waals surface area (Å²) in [5.41, 5.74) is 7.90. The van der Waals surface area contributed by atoms with Crippen LogP contribution in [0.1, 0.15) is 5.56 Å². The van der Waals surface area contributed by atoms with E-state index in [4.69, 9.17) is 5.73 Å². The number of hydrogen-bond acceptors (Lipinski definition) is 4. The van der Waals surface area contributed by atoms with Crippen LogP contribution in [0.25, 0.3) is 5.69 Å². The summed E-state index contributed by atoms with van der Waals surface area (Å²) >= 11 is 0. The van der Waals surface area contributed by atoms with Crippen molar-refractivity contribution in [3.63, 3.8) is 0 Å². The lowest BCUT2D eigenvalue weighted by atomic mass is 10.3. The van der Waals surface area contributed by atoms with Gasteiger partial charge in [0.15, 0.2) is 9.84 Å². The first kappa shape index (κ1) is 11.7. The van der Waals surface area contributed by atoms with Gasteiger partial charge in [0, 0.05) is 12.5 Å². The molecule has 0 radical (unpaired) electrons. The van der Waals surface area contributed by atoms with E-state index in [2.05, 4.69) is 5.10 Å². The molecule has 0 unspecified atom stereocenters. The number of aromatic nitrogens is 2. The van der Waals surface area contributed by atoms with E-state index in [1.165, 1.54) is 12.1 Å². The van der Waals surface area contributed by atoms with Crippen LogP contribution in [0.2, 0.25) is 0 Å². The van der Waals surface area contributed by atoms with Gasteiger partial charge in [-0.3, -0.25) is 0 Å². The Balaban J connectivity index is 2.53. The SMILES string of the molecule is Cc1cnn(-c2ccc(S(C)(=O)=O)cc2N)c1. The van der Waals surface area contributed by atoms with Crippen molar-refractivity contribution < 1.29 is 8.42 Å². The molecule has 1 aromatic carbocycles. The first-order valence-electron chi connectivity index (χ1n) is 4.99. The van der Waals surface area contributed by atoms with Crippen molar-refractivity contribution in [1.29, 1.82) is 0 Å². The Labute approximate surface area is 99.8 Å². The molecule has 0 saturated carbocycles. The molecule has 0 bridgehead atoms. The molecule has 0 aliphatic carbocycles. The fourth-order valence-electron chi connectivity index (χ4n) is 1.52. The fourth-order valence-corrected chi connectivity index (χ4v) is 2.17. The summed E-state index contributed by atoms with van der Waals surface area (Å²) in [6.45, 7) is 1.92. The highest BCUT2D eigenvalue weighted by atomic mass is 32.2. The standard InChI is InChI=1S/C11H13N3O2S/c1-8-6-13-14(7-8)11-4-3-9(5-10(11)12)17(2,15)16/h3-7H,12H2,1-2H3. The molecule has 0 spiro atoms.